The fourth-order valence-corrected chi connectivity index (χ4v) is 4.81. The second-order valence-corrected chi connectivity index (χ2v) is 9.57. The van der Waals surface area contributed by atoms with E-state index in [1.807, 2.05) is 60.7 Å². The largest absolute Gasteiger partial charge is 0.322 e. The Labute approximate surface area is 203 Å². The number of hydrogen-bond acceptors (Lipinski definition) is 4. The van der Waals surface area contributed by atoms with E-state index in [1.54, 1.807) is 42.5 Å². The molecule has 0 spiro atoms. The van der Waals surface area contributed by atoms with E-state index in [0.717, 1.165) is 10.9 Å². The van der Waals surface area contributed by atoms with Gasteiger partial charge in [0, 0.05) is 22.3 Å². The van der Waals surface area contributed by atoms with Gasteiger partial charge in [-0.25, -0.2) is 13.4 Å². The summed E-state index contributed by atoms with van der Waals surface area (Å²) in [5.41, 5.74) is 3.76. The number of carbonyl (C=O) groups excluding carboxylic acids is 1. The summed E-state index contributed by atoms with van der Waals surface area (Å²) in [6, 6.07) is 33.6. The molecule has 0 aliphatic heterocycles. The molecular weight excluding hydrogens is 458 g/mol. The maximum atomic E-state index is 13.3. The van der Waals surface area contributed by atoms with Crippen molar-refractivity contribution in [3.63, 3.8) is 0 Å². The number of hydrogen-bond donors (Lipinski definition) is 2. The first-order valence-electron chi connectivity index (χ1n) is 10.9. The first kappa shape index (κ1) is 22.3. The van der Waals surface area contributed by atoms with E-state index in [1.165, 1.54) is 12.1 Å². The number of aromatic nitrogens is 1. The van der Waals surface area contributed by atoms with Crippen molar-refractivity contribution in [2.24, 2.45) is 0 Å². The summed E-state index contributed by atoms with van der Waals surface area (Å²) >= 11 is 0. The lowest BCUT2D eigenvalue weighted by Crippen LogP contribution is -2.14. The number of amides is 1. The number of benzene rings is 4. The van der Waals surface area contributed by atoms with Crippen LogP contribution in [0.1, 0.15) is 10.4 Å². The molecular formula is C28H21N3O3S. The van der Waals surface area contributed by atoms with Crippen molar-refractivity contribution >= 4 is 38.2 Å². The third kappa shape index (κ3) is 4.90. The Morgan fingerprint density at radius 3 is 2.03 bits per heavy atom. The van der Waals surface area contributed by atoms with E-state index >= 15 is 0 Å². The van der Waals surface area contributed by atoms with Crippen molar-refractivity contribution in [1.82, 2.24) is 4.98 Å². The summed E-state index contributed by atoms with van der Waals surface area (Å²) in [6.45, 7) is 0. The molecule has 6 nitrogen and oxygen atoms in total. The maximum absolute atomic E-state index is 13.3. The molecule has 172 valence electrons. The first-order chi connectivity index (χ1) is 17.0. The van der Waals surface area contributed by atoms with Gasteiger partial charge in [-0.2, -0.15) is 0 Å². The number of rotatable bonds is 6. The summed E-state index contributed by atoms with van der Waals surface area (Å²) in [5.74, 6) is -0.307. The Bertz CT molecular complexity index is 1600. The fourth-order valence-electron chi connectivity index (χ4n) is 3.76. The van der Waals surface area contributed by atoms with Crippen molar-refractivity contribution in [3.8, 4) is 11.3 Å². The minimum absolute atomic E-state index is 0.0973. The summed E-state index contributed by atoms with van der Waals surface area (Å²) in [5, 5.41) is 3.61. The minimum Gasteiger partial charge on any atom is -0.322 e. The molecule has 1 amide bonds. The minimum atomic E-state index is -3.75. The SMILES string of the molecule is O=C(Nc1ccc(S(=O)(=O)Nc2ccccc2)cc1)c1cc(-c2ccccc2)nc2ccccc12. The zero-order valence-electron chi connectivity index (χ0n) is 18.5. The molecule has 4 aromatic carbocycles. The van der Waals surface area contributed by atoms with Crippen molar-refractivity contribution in [2.45, 2.75) is 4.90 Å². The lowest BCUT2D eigenvalue weighted by molar-refractivity contribution is 0.102. The smallest absolute Gasteiger partial charge is 0.261 e. The monoisotopic (exact) mass is 479 g/mol. The summed E-state index contributed by atoms with van der Waals surface area (Å²) < 4.78 is 27.9. The normalized spacial score (nSPS) is 11.2. The van der Waals surface area contributed by atoms with Crippen LogP contribution in [-0.2, 0) is 10.0 Å². The van der Waals surface area contributed by atoms with E-state index in [2.05, 4.69) is 10.0 Å². The molecule has 5 rings (SSSR count). The number of fused-ring (bicyclic) bond motifs is 1. The molecule has 7 heteroatoms. The molecule has 0 bridgehead atoms. The molecule has 0 radical (unpaired) electrons. The van der Waals surface area contributed by atoms with E-state index in [4.69, 9.17) is 4.98 Å². The molecule has 1 aromatic heterocycles. The number of carbonyl (C=O) groups is 1. The Morgan fingerprint density at radius 1 is 0.686 bits per heavy atom. The molecule has 1 heterocycles. The maximum Gasteiger partial charge on any atom is 0.261 e. The topological polar surface area (TPSA) is 88.2 Å². The van der Waals surface area contributed by atoms with Gasteiger partial charge in [0.15, 0.2) is 0 Å². The molecule has 0 saturated heterocycles. The van der Waals surface area contributed by atoms with E-state index in [9.17, 15) is 13.2 Å². The van der Waals surface area contributed by atoms with Crippen molar-refractivity contribution in [3.05, 3.63) is 121 Å². The van der Waals surface area contributed by atoms with Crippen LogP contribution in [0, 0.1) is 0 Å². The van der Waals surface area contributed by atoms with Gasteiger partial charge in [-0.15, -0.1) is 0 Å². The van der Waals surface area contributed by atoms with Crippen LogP contribution < -0.4 is 10.0 Å². The van der Waals surface area contributed by atoms with Gasteiger partial charge in [0.05, 0.1) is 21.7 Å². The quantitative estimate of drug-likeness (QED) is 0.315. The van der Waals surface area contributed by atoms with Crippen LogP contribution in [-0.4, -0.2) is 19.3 Å². The first-order valence-corrected chi connectivity index (χ1v) is 12.4. The second-order valence-electron chi connectivity index (χ2n) is 7.89. The van der Waals surface area contributed by atoms with E-state index in [0.29, 0.717) is 28.1 Å². The molecule has 0 saturated carbocycles. The number of anilines is 2. The molecule has 0 aliphatic carbocycles. The van der Waals surface area contributed by atoms with Crippen LogP contribution in [0.3, 0.4) is 0 Å². The van der Waals surface area contributed by atoms with Gasteiger partial charge >= 0.3 is 0 Å². The third-order valence-corrected chi connectivity index (χ3v) is 6.88. The predicted octanol–water partition coefficient (Wildman–Crippen LogP) is 5.95. The number of para-hydroxylation sites is 2. The lowest BCUT2D eigenvalue weighted by Gasteiger charge is -2.12. The van der Waals surface area contributed by atoms with Crippen molar-refractivity contribution < 1.29 is 13.2 Å². The van der Waals surface area contributed by atoms with Crippen LogP contribution in [0.25, 0.3) is 22.2 Å². The number of nitrogens with one attached hydrogen (secondary N) is 2. The van der Waals surface area contributed by atoms with Gasteiger partial charge in [0.1, 0.15) is 0 Å². The highest BCUT2D eigenvalue weighted by Gasteiger charge is 2.16. The third-order valence-electron chi connectivity index (χ3n) is 5.48. The predicted molar refractivity (Wildman–Crippen MR) is 139 cm³/mol. The lowest BCUT2D eigenvalue weighted by atomic mass is 10.0. The summed E-state index contributed by atoms with van der Waals surface area (Å²) in [6.07, 6.45) is 0. The van der Waals surface area contributed by atoms with E-state index in [-0.39, 0.29) is 10.8 Å². The van der Waals surface area contributed by atoms with Crippen LogP contribution in [0.15, 0.2) is 120 Å². The average molecular weight is 480 g/mol. The zero-order chi connectivity index (χ0) is 24.3. The van der Waals surface area contributed by atoms with Gasteiger partial charge in [0.25, 0.3) is 15.9 Å². The van der Waals surface area contributed by atoms with Crippen LogP contribution in [0.4, 0.5) is 11.4 Å². The average Bonchev–Trinajstić information content (AvgIpc) is 2.89. The molecule has 0 atom stereocenters. The number of nitrogens with zero attached hydrogens (tertiary/aromatic N) is 1. The van der Waals surface area contributed by atoms with Crippen LogP contribution >= 0.6 is 0 Å². The fraction of sp³-hybridized carbons (Fsp3) is 0. The molecule has 35 heavy (non-hydrogen) atoms. The van der Waals surface area contributed by atoms with Gasteiger partial charge in [-0.1, -0.05) is 66.7 Å². The summed E-state index contributed by atoms with van der Waals surface area (Å²) in [4.78, 5) is 18.1. The molecule has 2 N–H and O–H groups in total. The Hall–Kier alpha value is -4.49. The zero-order valence-corrected chi connectivity index (χ0v) is 19.4. The van der Waals surface area contributed by atoms with Crippen LogP contribution in [0.2, 0.25) is 0 Å². The van der Waals surface area contributed by atoms with E-state index < -0.39 is 10.0 Å². The number of sulfonamides is 1. The van der Waals surface area contributed by atoms with Gasteiger partial charge in [0.2, 0.25) is 0 Å². The molecule has 0 aliphatic rings. The Morgan fingerprint density at radius 2 is 1.31 bits per heavy atom. The molecule has 5 aromatic rings. The van der Waals surface area contributed by atoms with Gasteiger partial charge in [-0.3, -0.25) is 9.52 Å². The summed E-state index contributed by atoms with van der Waals surface area (Å²) in [7, 11) is -3.75. The Balaban J connectivity index is 1.41. The standard InChI is InChI=1S/C28H21N3O3S/c32-28(25-19-27(20-9-3-1-4-10-20)30-26-14-8-7-13-24(25)26)29-21-15-17-23(18-16-21)35(33,34)31-22-11-5-2-6-12-22/h1-19,31H,(H,29,32). The van der Waals surface area contributed by atoms with Crippen molar-refractivity contribution in [2.75, 3.05) is 10.0 Å². The highest BCUT2D eigenvalue weighted by Crippen LogP contribution is 2.26. The number of pyridine rings is 1. The van der Waals surface area contributed by atoms with Crippen molar-refractivity contribution in [1.29, 1.82) is 0 Å². The molecule has 0 fully saturated rings. The van der Waals surface area contributed by atoms with Gasteiger partial charge in [-0.05, 0) is 48.5 Å². The molecule has 0 unspecified atom stereocenters. The van der Waals surface area contributed by atoms with Crippen LogP contribution in [0.5, 0.6) is 0 Å². The highest BCUT2D eigenvalue weighted by atomic mass is 32.2. The highest BCUT2D eigenvalue weighted by molar-refractivity contribution is 7.92. The second kappa shape index (κ2) is 9.40. The van der Waals surface area contributed by atoms with Gasteiger partial charge < -0.3 is 5.32 Å². The Kier molecular flexibility index (Phi) is 5.99.